The molecule has 1 fully saturated rings. The zero-order valence-corrected chi connectivity index (χ0v) is 13.1. The Hall–Kier alpha value is -1.29. The van der Waals surface area contributed by atoms with Crippen LogP contribution >= 0.6 is 11.3 Å². The molecule has 0 bridgehead atoms. The summed E-state index contributed by atoms with van der Waals surface area (Å²) in [6.07, 6.45) is 3.59. The summed E-state index contributed by atoms with van der Waals surface area (Å²) in [7, 11) is -3.54. The third kappa shape index (κ3) is 3.67. The van der Waals surface area contributed by atoms with Gasteiger partial charge < -0.3 is 9.84 Å². The van der Waals surface area contributed by atoms with Gasteiger partial charge in [0.05, 0.1) is 6.54 Å². The third-order valence-corrected chi connectivity index (χ3v) is 6.33. The summed E-state index contributed by atoms with van der Waals surface area (Å²) in [5.74, 6) is 0.308. The van der Waals surface area contributed by atoms with Crippen LogP contribution in [0.2, 0.25) is 0 Å². The molecule has 2 aromatic heterocycles. The van der Waals surface area contributed by atoms with Crippen LogP contribution in [0.5, 0.6) is 0 Å². The molecule has 0 saturated heterocycles. The van der Waals surface area contributed by atoms with Gasteiger partial charge in [-0.2, -0.15) is 4.98 Å². The molecule has 9 heteroatoms. The van der Waals surface area contributed by atoms with E-state index in [0.29, 0.717) is 16.1 Å². The number of hydrogen-bond acceptors (Lipinski definition) is 7. The molecule has 0 amide bonds. The maximum Gasteiger partial charge on any atom is 0.250 e. The first kappa shape index (κ1) is 14.6. The molecule has 21 heavy (non-hydrogen) atoms. The number of aryl methyl sites for hydroxylation is 1. The third-order valence-electron chi connectivity index (χ3n) is 3.22. The molecule has 2 N–H and O–H groups in total. The largest absolute Gasteiger partial charge is 0.343 e. The van der Waals surface area contributed by atoms with Crippen LogP contribution in [0, 0.1) is 6.92 Å². The van der Waals surface area contributed by atoms with E-state index in [-0.39, 0.29) is 6.54 Å². The molecule has 3 rings (SSSR count). The van der Waals surface area contributed by atoms with Crippen LogP contribution < -0.4 is 10.0 Å². The molecule has 7 nitrogen and oxygen atoms in total. The molecule has 1 aliphatic carbocycles. The number of hydrogen-bond donors (Lipinski definition) is 2. The summed E-state index contributed by atoms with van der Waals surface area (Å²) in [6, 6.07) is 2.30. The van der Waals surface area contributed by atoms with Gasteiger partial charge in [-0.05, 0) is 31.4 Å². The summed E-state index contributed by atoms with van der Waals surface area (Å²) in [5.41, 5.74) is 0.994. The van der Waals surface area contributed by atoms with E-state index >= 15 is 0 Å². The van der Waals surface area contributed by atoms with Crippen LogP contribution in [0.1, 0.15) is 29.1 Å². The number of nitrogens with one attached hydrogen (secondary N) is 2. The van der Waals surface area contributed by atoms with E-state index in [2.05, 4.69) is 24.7 Å². The minimum atomic E-state index is -3.54. The van der Waals surface area contributed by atoms with Gasteiger partial charge in [0, 0.05) is 17.5 Å². The van der Waals surface area contributed by atoms with Crippen molar-refractivity contribution in [3.05, 3.63) is 28.7 Å². The first-order valence-electron chi connectivity index (χ1n) is 6.62. The molecule has 1 saturated carbocycles. The summed E-state index contributed by atoms with van der Waals surface area (Å²) in [5, 5.41) is 6.97. The van der Waals surface area contributed by atoms with Crippen LogP contribution in [0.4, 0.5) is 0 Å². The topological polar surface area (TPSA) is 97.1 Å². The van der Waals surface area contributed by atoms with E-state index in [1.54, 1.807) is 6.07 Å². The highest BCUT2D eigenvalue weighted by atomic mass is 32.2. The van der Waals surface area contributed by atoms with E-state index in [1.807, 2.05) is 6.92 Å². The quantitative estimate of drug-likeness (QED) is 0.792. The molecule has 0 aromatic carbocycles. The highest BCUT2D eigenvalue weighted by Crippen LogP contribution is 2.27. The highest BCUT2D eigenvalue weighted by Gasteiger charge is 2.23. The second kappa shape index (κ2) is 5.84. The van der Waals surface area contributed by atoms with Crippen molar-refractivity contribution in [3.8, 4) is 0 Å². The average molecular weight is 328 g/mol. The van der Waals surface area contributed by atoms with Crippen LogP contribution in [0.25, 0.3) is 0 Å². The first-order valence-corrected chi connectivity index (χ1v) is 8.92. The zero-order valence-electron chi connectivity index (χ0n) is 11.5. The van der Waals surface area contributed by atoms with E-state index in [4.69, 9.17) is 0 Å². The van der Waals surface area contributed by atoms with Gasteiger partial charge >= 0.3 is 0 Å². The Morgan fingerprint density at radius 1 is 1.43 bits per heavy atom. The Morgan fingerprint density at radius 3 is 2.90 bits per heavy atom. The van der Waals surface area contributed by atoms with Crippen molar-refractivity contribution in [1.82, 2.24) is 20.2 Å². The molecule has 0 unspecified atom stereocenters. The predicted octanol–water partition coefficient (Wildman–Crippen LogP) is 1.17. The van der Waals surface area contributed by atoms with Crippen LogP contribution in [0.3, 0.4) is 0 Å². The normalized spacial score (nSPS) is 15.5. The molecule has 0 atom stereocenters. The van der Waals surface area contributed by atoms with Crippen LogP contribution in [-0.2, 0) is 23.1 Å². The lowest BCUT2D eigenvalue weighted by Gasteiger charge is -2.02. The SMILES string of the molecule is Cc1cc(S(=O)(=O)NCc2ncon2)sc1CNC1CC1. The van der Waals surface area contributed by atoms with Gasteiger partial charge in [-0.15, -0.1) is 11.3 Å². The molecule has 0 aliphatic heterocycles. The minimum Gasteiger partial charge on any atom is -0.343 e. The lowest BCUT2D eigenvalue weighted by molar-refractivity contribution is 0.409. The lowest BCUT2D eigenvalue weighted by Crippen LogP contribution is -2.23. The fourth-order valence-electron chi connectivity index (χ4n) is 1.82. The predicted molar refractivity (Wildman–Crippen MR) is 77.2 cm³/mol. The van der Waals surface area contributed by atoms with E-state index in [0.717, 1.165) is 17.0 Å². The molecule has 0 radical (unpaired) electrons. The van der Waals surface area contributed by atoms with Crippen molar-refractivity contribution in [2.45, 2.75) is 43.1 Å². The first-order chi connectivity index (χ1) is 10.0. The molecule has 2 aromatic rings. The van der Waals surface area contributed by atoms with E-state index in [9.17, 15) is 8.42 Å². The number of aromatic nitrogens is 2. The van der Waals surface area contributed by atoms with Crippen LogP contribution in [0.15, 0.2) is 21.2 Å². The Balaban J connectivity index is 1.67. The highest BCUT2D eigenvalue weighted by molar-refractivity contribution is 7.91. The van der Waals surface area contributed by atoms with Gasteiger partial charge in [0.15, 0.2) is 5.82 Å². The zero-order chi connectivity index (χ0) is 14.9. The molecule has 0 spiro atoms. The van der Waals surface area contributed by atoms with Gasteiger partial charge in [-0.25, -0.2) is 13.1 Å². The number of nitrogens with zero attached hydrogens (tertiary/aromatic N) is 2. The Morgan fingerprint density at radius 2 is 2.24 bits per heavy atom. The second-order valence-electron chi connectivity index (χ2n) is 5.00. The van der Waals surface area contributed by atoms with Crippen molar-refractivity contribution in [3.63, 3.8) is 0 Å². The fraction of sp³-hybridized carbons (Fsp3) is 0.500. The van der Waals surface area contributed by atoms with Crippen molar-refractivity contribution >= 4 is 21.4 Å². The van der Waals surface area contributed by atoms with Gasteiger partial charge in [0.1, 0.15) is 4.21 Å². The van der Waals surface area contributed by atoms with Crippen LogP contribution in [-0.4, -0.2) is 24.6 Å². The molecule has 2 heterocycles. The molecular weight excluding hydrogens is 312 g/mol. The monoisotopic (exact) mass is 328 g/mol. The van der Waals surface area contributed by atoms with Gasteiger partial charge in [0.2, 0.25) is 16.4 Å². The maximum absolute atomic E-state index is 12.2. The Bertz CT molecular complexity index is 705. The summed E-state index contributed by atoms with van der Waals surface area (Å²) in [4.78, 5) is 4.84. The maximum atomic E-state index is 12.2. The fourth-order valence-corrected chi connectivity index (χ4v) is 4.39. The molecular formula is C12H16N4O3S2. The lowest BCUT2D eigenvalue weighted by atomic mass is 10.3. The van der Waals surface area contributed by atoms with E-state index in [1.165, 1.54) is 30.6 Å². The van der Waals surface area contributed by atoms with Crippen molar-refractivity contribution in [1.29, 1.82) is 0 Å². The number of rotatable bonds is 7. The van der Waals surface area contributed by atoms with E-state index < -0.39 is 10.0 Å². The standard InChI is InChI=1S/C12H16N4O3S2/c1-8-4-12(20-10(8)5-13-9-2-3-9)21(17,18)15-6-11-14-7-19-16-11/h4,7,9,13,15H,2-3,5-6H2,1H3. The number of sulfonamides is 1. The Kier molecular flexibility index (Phi) is 4.07. The molecule has 114 valence electrons. The summed E-state index contributed by atoms with van der Waals surface area (Å²) < 4.78 is 31.8. The smallest absolute Gasteiger partial charge is 0.250 e. The Labute approximate surface area is 126 Å². The number of thiophene rings is 1. The van der Waals surface area contributed by atoms with Gasteiger partial charge in [0.25, 0.3) is 0 Å². The summed E-state index contributed by atoms with van der Waals surface area (Å²) >= 11 is 1.30. The second-order valence-corrected chi connectivity index (χ2v) is 8.13. The van der Waals surface area contributed by atoms with Crippen molar-refractivity contribution in [2.75, 3.05) is 0 Å². The van der Waals surface area contributed by atoms with Crippen molar-refractivity contribution in [2.24, 2.45) is 0 Å². The van der Waals surface area contributed by atoms with Gasteiger partial charge in [-0.3, -0.25) is 0 Å². The summed E-state index contributed by atoms with van der Waals surface area (Å²) in [6.45, 7) is 2.67. The average Bonchev–Trinajstić information content (AvgIpc) is 2.98. The molecule has 1 aliphatic rings. The minimum absolute atomic E-state index is 0.0193. The van der Waals surface area contributed by atoms with Gasteiger partial charge in [-0.1, -0.05) is 5.16 Å². The van der Waals surface area contributed by atoms with Crippen molar-refractivity contribution < 1.29 is 12.9 Å².